The van der Waals surface area contributed by atoms with Crippen LogP contribution in [-0.2, 0) is 11.2 Å². The maximum atomic E-state index is 13.2. The van der Waals surface area contributed by atoms with Gasteiger partial charge in [0, 0.05) is 50.3 Å². The summed E-state index contributed by atoms with van der Waals surface area (Å²) < 4.78 is 5.46. The van der Waals surface area contributed by atoms with Crippen LogP contribution >= 0.6 is 0 Å². The van der Waals surface area contributed by atoms with Crippen LogP contribution < -0.4 is 19.9 Å². The molecule has 3 aliphatic rings. The fourth-order valence-electron chi connectivity index (χ4n) is 4.57. The number of anilines is 2. The van der Waals surface area contributed by atoms with E-state index in [-0.39, 0.29) is 17.9 Å². The van der Waals surface area contributed by atoms with E-state index in [2.05, 4.69) is 37.2 Å². The zero-order valence-corrected chi connectivity index (χ0v) is 16.8. The number of fused-ring (bicyclic) bond motifs is 3. The van der Waals surface area contributed by atoms with E-state index in [1.54, 1.807) is 25.7 Å². The second-order valence-electron chi connectivity index (χ2n) is 8.26. The van der Waals surface area contributed by atoms with E-state index >= 15 is 0 Å². The monoisotopic (exact) mass is 393 g/mol. The van der Waals surface area contributed by atoms with Crippen LogP contribution in [0.5, 0.6) is 5.75 Å². The van der Waals surface area contributed by atoms with Crippen LogP contribution in [0.2, 0.25) is 0 Å². The van der Waals surface area contributed by atoms with E-state index in [4.69, 9.17) is 4.74 Å². The third-order valence-electron chi connectivity index (χ3n) is 6.40. The van der Waals surface area contributed by atoms with E-state index in [1.165, 1.54) is 24.1 Å². The molecule has 2 aliphatic heterocycles. The van der Waals surface area contributed by atoms with Crippen LogP contribution in [0.25, 0.3) is 0 Å². The number of hydrogen-bond acceptors (Lipinski definition) is 6. The molecular weight excluding hydrogens is 366 g/mol. The first kappa shape index (κ1) is 18.2. The molecular formula is C22H27N5O2. The second kappa shape index (κ2) is 7.54. The minimum absolute atomic E-state index is 0.0749. The zero-order chi connectivity index (χ0) is 19.8. The Bertz CT molecular complexity index is 886. The van der Waals surface area contributed by atoms with Crippen LogP contribution in [0, 0.1) is 11.8 Å². The molecule has 0 radical (unpaired) electrons. The van der Waals surface area contributed by atoms with Crippen molar-refractivity contribution in [3.8, 4) is 5.75 Å². The highest BCUT2D eigenvalue weighted by Gasteiger charge is 2.42. The predicted octanol–water partition coefficient (Wildman–Crippen LogP) is 1.88. The zero-order valence-electron chi connectivity index (χ0n) is 16.8. The second-order valence-corrected chi connectivity index (χ2v) is 8.26. The van der Waals surface area contributed by atoms with E-state index in [1.807, 2.05) is 6.07 Å². The molecule has 1 N–H and O–H groups in total. The van der Waals surface area contributed by atoms with Crippen LogP contribution in [0.4, 0.5) is 11.5 Å². The average Bonchev–Trinajstić information content (AvgIpc) is 3.61. The molecule has 1 aromatic carbocycles. The summed E-state index contributed by atoms with van der Waals surface area (Å²) in [5, 5.41) is 3.22. The number of aromatic nitrogens is 2. The van der Waals surface area contributed by atoms with E-state index < -0.39 is 0 Å². The van der Waals surface area contributed by atoms with Crippen molar-refractivity contribution in [2.24, 2.45) is 11.8 Å². The molecule has 0 unspecified atom stereocenters. The average molecular weight is 393 g/mol. The van der Waals surface area contributed by atoms with Crippen molar-refractivity contribution in [1.29, 1.82) is 0 Å². The fraction of sp³-hybridized carbons (Fsp3) is 0.500. The van der Waals surface area contributed by atoms with Crippen molar-refractivity contribution >= 4 is 17.4 Å². The normalized spacial score (nSPS) is 23.2. The lowest BCUT2D eigenvalue weighted by Crippen LogP contribution is -2.61. The van der Waals surface area contributed by atoms with Gasteiger partial charge >= 0.3 is 0 Å². The maximum absolute atomic E-state index is 13.2. The maximum Gasteiger partial charge on any atom is 0.225 e. The van der Waals surface area contributed by atoms with E-state index in [0.717, 1.165) is 44.2 Å². The standard InChI is InChI=1S/C22H27N5O2/c1-29-17-5-4-16-10-18(22(28)25-12-15-2-3-15)20-14-26(21-13-23-6-7-24-21)8-9-27(20)19(16)11-17/h4-7,11,13,15,18,20H,2-3,8-10,12,14H2,1H3,(H,25,28)/t18-,20-/m1/s1. The molecule has 1 aromatic heterocycles. The molecule has 7 nitrogen and oxygen atoms in total. The summed E-state index contributed by atoms with van der Waals surface area (Å²) in [6.45, 7) is 3.26. The van der Waals surface area contributed by atoms with Crippen LogP contribution in [0.1, 0.15) is 18.4 Å². The third kappa shape index (κ3) is 3.61. The number of carbonyl (C=O) groups is 1. The molecule has 2 fully saturated rings. The van der Waals surface area contributed by atoms with Gasteiger partial charge in [0.15, 0.2) is 0 Å². The smallest absolute Gasteiger partial charge is 0.225 e. The van der Waals surface area contributed by atoms with Gasteiger partial charge < -0.3 is 19.9 Å². The molecule has 1 amide bonds. The highest BCUT2D eigenvalue weighted by atomic mass is 16.5. The van der Waals surface area contributed by atoms with Gasteiger partial charge in [0.2, 0.25) is 5.91 Å². The Hall–Kier alpha value is -2.83. The lowest BCUT2D eigenvalue weighted by atomic mass is 9.83. The van der Waals surface area contributed by atoms with Gasteiger partial charge in [-0.05, 0) is 36.8 Å². The fourth-order valence-corrected chi connectivity index (χ4v) is 4.57. The van der Waals surface area contributed by atoms with Crippen LogP contribution in [0.15, 0.2) is 36.8 Å². The van der Waals surface area contributed by atoms with Crippen molar-refractivity contribution in [2.75, 3.05) is 43.1 Å². The number of piperazine rings is 1. The first-order valence-electron chi connectivity index (χ1n) is 10.4. The third-order valence-corrected chi connectivity index (χ3v) is 6.40. The van der Waals surface area contributed by atoms with E-state index in [9.17, 15) is 4.79 Å². The summed E-state index contributed by atoms with van der Waals surface area (Å²) >= 11 is 0. The summed E-state index contributed by atoms with van der Waals surface area (Å²) in [6.07, 6.45) is 8.45. The van der Waals surface area contributed by atoms with Crippen molar-refractivity contribution < 1.29 is 9.53 Å². The summed E-state index contributed by atoms with van der Waals surface area (Å²) in [7, 11) is 1.70. The first-order chi connectivity index (χ1) is 14.2. The van der Waals surface area contributed by atoms with Crippen molar-refractivity contribution in [3.05, 3.63) is 42.4 Å². The van der Waals surface area contributed by atoms with Gasteiger partial charge in [-0.1, -0.05) is 6.07 Å². The SMILES string of the molecule is COc1ccc2c(c1)N1CCN(c3cnccn3)C[C@@H]1[C@H](C(=O)NCC1CC1)C2. The molecule has 5 rings (SSSR count). The number of nitrogens with zero attached hydrogens (tertiary/aromatic N) is 4. The van der Waals surface area contributed by atoms with Gasteiger partial charge in [0.05, 0.1) is 25.3 Å². The Morgan fingerprint density at radius 1 is 1.28 bits per heavy atom. The number of hydrogen-bond donors (Lipinski definition) is 1. The lowest BCUT2D eigenvalue weighted by molar-refractivity contribution is -0.125. The molecule has 0 bridgehead atoms. The molecule has 29 heavy (non-hydrogen) atoms. The molecule has 1 aliphatic carbocycles. The molecule has 1 saturated heterocycles. The molecule has 0 spiro atoms. The Morgan fingerprint density at radius 3 is 2.93 bits per heavy atom. The summed E-state index contributed by atoms with van der Waals surface area (Å²) in [6, 6.07) is 6.32. The number of methoxy groups -OCH3 is 1. The minimum Gasteiger partial charge on any atom is -0.497 e. The molecule has 7 heteroatoms. The number of ether oxygens (including phenoxy) is 1. The van der Waals surface area contributed by atoms with Crippen LogP contribution in [-0.4, -0.2) is 55.2 Å². The van der Waals surface area contributed by atoms with E-state index in [0.29, 0.717) is 5.92 Å². The molecule has 3 heterocycles. The van der Waals surface area contributed by atoms with Crippen molar-refractivity contribution in [2.45, 2.75) is 25.3 Å². The Balaban J connectivity index is 1.44. The number of benzene rings is 1. The highest BCUT2D eigenvalue weighted by molar-refractivity contribution is 5.82. The Kier molecular flexibility index (Phi) is 4.73. The predicted molar refractivity (Wildman–Crippen MR) is 111 cm³/mol. The largest absolute Gasteiger partial charge is 0.497 e. The van der Waals surface area contributed by atoms with Gasteiger partial charge in [-0.25, -0.2) is 4.98 Å². The van der Waals surface area contributed by atoms with Crippen molar-refractivity contribution in [1.82, 2.24) is 15.3 Å². The number of nitrogens with one attached hydrogen (secondary N) is 1. The quantitative estimate of drug-likeness (QED) is 0.836. The van der Waals surface area contributed by atoms with Crippen molar-refractivity contribution in [3.63, 3.8) is 0 Å². The number of rotatable bonds is 5. The summed E-state index contributed by atoms with van der Waals surface area (Å²) in [5.74, 6) is 2.51. The molecule has 152 valence electrons. The number of carbonyl (C=O) groups excluding carboxylic acids is 1. The van der Waals surface area contributed by atoms with Crippen LogP contribution in [0.3, 0.4) is 0 Å². The van der Waals surface area contributed by atoms with Gasteiger partial charge in [-0.15, -0.1) is 0 Å². The molecule has 2 aromatic rings. The van der Waals surface area contributed by atoms with Gasteiger partial charge in [-0.3, -0.25) is 9.78 Å². The molecule has 2 atom stereocenters. The van der Waals surface area contributed by atoms with Gasteiger partial charge in [-0.2, -0.15) is 0 Å². The lowest BCUT2D eigenvalue weighted by Gasteiger charge is -2.49. The minimum atomic E-state index is -0.0749. The van der Waals surface area contributed by atoms with Gasteiger partial charge in [0.25, 0.3) is 0 Å². The Labute approximate surface area is 171 Å². The summed E-state index contributed by atoms with van der Waals surface area (Å²) in [4.78, 5) is 26.5. The molecule has 1 saturated carbocycles. The van der Waals surface area contributed by atoms with Gasteiger partial charge in [0.1, 0.15) is 11.6 Å². The summed E-state index contributed by atoms with van der Waals surface area (Å²) in [5.41, 5.74) is 2.42. The number of amides is 1. The first-order valence-corrected chi connectivity index (χ1v) is 10.4. The highest BCUT2D eigenvalue weighted by Crippen LogP contribution is 2.39. The Morgan fingerprint density at radius 2 is 2.17 bits per heavy atom. The topological polar surface area (TPSA) is 70.6 Å².